The van der Waals surface area contributed by atoms with Crippen LogP contribution in [0.1, 0.15) is 11.5 Å². The monoisotopic (exact) mass is 297 g/mol. The SMILES string of the molecule is Cc1cc(CSc2ncnc3c2oc2ccccc23)no1. The molecule has 3 heterocycles. The number of aryl methyl sites for hydroxylation is 1. The highest BCUT2D eigenvalue weighted by molar-refractivity contribution is 7.98. The predicted molar refractivity (Wildman–Crippen MR) is 80.1 cm³/mol. The minimum absolute atomic E-state index is 0.681. The third-order valence-corrected chi connectivity index (χ3v) is 4.16. The molecule has 0 unspecified atom stereocenters. The number of furan rings is 1. The topological polar surface area (TPSA) is 65.0 Å². The van der Waals surface area contributed by atoms with E-state index < -0.39 is 0 Å². The maximum Gasteiger partial charge on any atom is 0.186 e. The molecule has 0 amide bonds. The van der Waals surface area contributed by atoms with Gasteiger partial charge in [-0.3, -0.25) is 0 Å². The highest BCUT2D eigenvalue weighted by Gasteiger charge is 2.13. The van der Waals surface area contributed by atoms with Gasteiger partial charge in [0.25, 0.3) is 0 Å². The van der Waals surface area contributed by atoms with E-state index in [4.69, 9.17) is 8.94 Å². The molecule has 0 aliphatic carbocycles. The minimum Gasteiger partial charge on any atom is -0.451 e. The van der Waals surface area contributed by atoms with E-state index in [0.717, 1.165) is 38.5 Å². The lowest BCUT2D eigenvalue weighted by Gasteiger charge is -1.98. The van der Waals surface area contributed by atoms with E-state index in [-0.39, 0.29) is 0 Å². The summed E-state index contributed by atoms with van der Waals surface area (Å²) in [4.78, 5) is 8.66. The van der Waals surface area contributed by atoms with Gasteiger partial charge in [-0.05, 0) is 19.1 Å². The van der Waals surface area contributed by atoms with Gasteiger partial charge in [0.1, 0.15) is 28.2 Å². The van der Waals surface area contributed by atoms with E-state index in [1.165, 1.54) is 0 Å². The Hall–Kier alpha value is -2.34. The van der Waals surface area contributed by atoms with Crippen LogP contribution in [0.3, 0.4) is 0 Å². The van der Waals surface area contributed by atoms with Gasteiger partial charge < -0.3 is 8.94 Å². The zero-order valence-electron chi connectivity index (χ0n) is 11.2. The van der Waals surface area contributed by atoms with Crippen LogP contribution in [0, 0.1) is 6.92 Å². The Kier molecular flexibility index (Phi) is 2.89. The van der Waals surface area contributed by atoms with Crippen LogP contribution in [0.5, 0.6) is 0 Å². The van der Waals surface area contributed by atoms with E-state index in [9.17, 15) is 0 Å². The van der Waals surface area contributed by atoms with E-state index in [1.807, 2.05) is 37.3 Å². The Morgan fingerprint density at radius 3 is 2.95 bits per heavy atom. The quantitative estimate of drug-likeness (QED) is 0.421. The molecule has 6 heteroatoms. The largest absolute Gasteiger partial charge is 0.451 e. The first-order valence-electron chi connectivity index (χ1n) is 6.48. The molecule has 0 aliphatic rings. The van der Waals surface area contributed by atoms with Crippen LogP contribution < -0.4 is 0 Å². The van der Waals surface area contributed by atoms with Gasteiger partial charge in [0, 0.05) is 17.2 Å². The van der Waals surface area contributed by atoms with E-state index >= 15 is 0 Å². The zero-order chi connectivity index (χ0) is 14.2. The van der Waals surface area contributed by atoms with Crippen molar-refractivity contribution < 1.29 is 8.94 Å². The number of para-hydroxylation sites is 1. The highest BCUT2D eigenvalue weighted by atomic mass is 32.2. The molecule has 0 spiro atoms. The molecular weight excluding hydrogens is 286 g/mol. The molecule has 104 valence electrons. The van der Waals surface area contributed by atoms with Gasteiger partial charge in [-0.2, -0.15) is 0 Å². The molecule has 5 nitrogen and oxygen atoms in total. The van der Waals surface area contributed by atoms with Gasteiger partial charge in [-0.15, -0.1) is 0 Å². The fourth-order valence-electron chi connectivity index (χ4n) is 2.23. The number of hydrogen-bond donors (Lipinski definition) is 0. The number of nitrogens with zero attached hydrogens (tertiary/aromatic N) is 3. The van der Waals surface area contributed by atoms with Crippen molar-refractivity contribution in [3.63, 3.8) is 0 Å². The maximum absolute atomic E-state index is 5.89. The lowest BCUT2D eigenvalue weighted by atomic mass is 10.2. The maximum atomic E-state index is 5.89. The first-order chi connectivity index (χ1) is 10.3. The summed E-state index contributed by atoms with van der Waals surface area (Å²) in [6, 6.07) is 9.79. The molecule has 0 radical (unpaired) electrons. The average Bonchev–Trinajstić information content (AvgIpc) is 3.09. The number of benzene rings is 1. The van der Waals surface area contributed by atoms with Crippen LogP contribution in [0.25, 0.3) is 22.1 Å². The van der Waals surface area contributed by atoms with Gasteiger partial charge in [0.15, 0.2) is 5.58 Å². The molecule has 0 bridgehead atoms. The van der Waals surface area contributed by atoms with Gasteiger partial charge in [-0.1, -0.05) is 29.1 Å². The summed E-state index contributed by atoms with van der Waals surface area (Å²) in [7, 11) is 0. The second-order valence-electron chi connectivity index (χ2n) is 4.67. The molecule has 4 aromatic rings. The summed E-state index contributed by atoms with van der Waals surface area (Å²) in [6.07, 6.45) is 1.57. The normalized spacial score (nSPS) is 11.5. The van der Waals surface area contributed by atoms with Crippen LogP contribution in [0.15, 0.2) is 50.6 Å². The number of fused-ring (bicyclic) bond motifs is 3. The van der Waals surface area contributed by atoms with Crippen molar-refractivity contribution in [1.82, 2.24) is 15.1 Å². The third-order valence-electron chi connectivity index (χ3n) is 3.16. The molecule has 1 aromatic carbocycles. The van der Waals surface area contributed by atoms with Crippen LogP contribution in [0.4, 0.5) is 0 Å². The summed E-state index contributed by atoms with van der Waals surface area (Å²) < 4.78 is 11.0. The molecule has 4 rings (SSSR count). The lowest BCUT2D eigenvalue weighted by molar-refractivity contribution is 0.393. The highest BCUT2D eigenvalue weighted by Crippen LogP contribution is 2.33. The molecule has 3 aromatic heterocycles. The number of hydrogen-bond acceptors (Lipinski definition) is 6. The molecular formula is C15H11N3O2S. The van der Waals surface area contributed by atoms with Crippen molar-refractivity contribution in [1.29, 1.82) is 0 Å². The Bertz CT molecular complexity index is 929. The van der Waals surface area contributed by atoms with E-state index in [2.05, 4.69) is 15.1 Å². The van der Waals surface area contributed by atoms with Gasteiger partial charge in [0.05, 0.1) is 5.69 Å². The summed E-state index contributed by atoms with van der Waals surface area (Å²) in [5.41, 5.74) is 3.29. The second kappa shape index (κ2) is 4.89. The minimum atomic E-state index is 0.681. The van der Waals surface area contributed by atoms with Crippen molar-refractivity contribution in [3.8, 4) is 0 Å². The van der Waals surface area contributed by atoms with Crippen LogP contribution in [-0.2, 0) is 5.75 Å². The zero-order valence-corrected chi connectivity index (χ0v) is 12.1. The first-order valence-corrected chi connectivity index (χ1v) is 7.47. The fraction of sp³-hybridized carbons (Fsp3) is 0.133. The van der Waals surface area contributed by atoms with Crippen molar-refractivity contribution in [3.05, 3.63) is 48.1 Å². The van der Waals surface area contributed by atoms with E-state index in [0.29, 0.717) is 5.75 Å². The van der Waals surface area contributed by atoms with Crippen molar-refractivity contribution >= 4 is 33.8 Å². The standard InChI is InChI=1S/C15H11N3O2S/c1-9-6-10(18-20-9)7-21-15-14-13(16-8-17-15)11-4-2-3-5-12(11)19-14/h2-6,8H,7H2,1H3. The van der Waals surface area contributed by atoms with Crippen molar-refractivity contribution in [2.75, 3.05) is 0 Å². The van der Waals surface area contributed by atoms with Crippen LogP contribution >= 0.6 is 11.8 Å². The Morgan fingerprint density at radius 2 is 2.10 bits per heavy atom. The van der Waals surface area contributed by atoms with Gasteiger partial charge >= 0.3 is 0 Å². The summed E-state index contributed by atoms with van der Waals surface area (Å²) in [5, 5.41) is 5.81. The van der Waals surface area contributed by atoms with Crippen LogP contribution in [-0.4, -0.2) is 15.1 Å². The average molecular weight is 297 g/mol. The summed E-state index contributed by atoms with van der Waals surface area (Å²) in [6.45, 7) is 1.88. The number of thioether (sulfide) groups is 1. The molecule has 21 heavy (non-hydrogen) atoms. The second-order valence-corrected chi connectivity index (χ2v) is 5.64. The van der Waals surface area contributed by atoms with Crippen LogP contribution in [0.2, 0.25) is 0 Å². The summed E-state index contributed by atoms with van der Waals surface area (Å²) in [5.74, 6) is 1.49. The smallest absolute Gasteiger partial charge is 0.186 e. The summed E-state index contributed by atoms with van der Waals surface area (Å²) >= 11 is 1.56. The Morgan fingerprint density at radius 1 is 1.19 bits per heavy atom. The Labute approximate surface area is 124 Å². The molecule has 0 saturated carbocycles. The number of aromatic nitrogens is 3. The molecule has 0 aliphatic heterocycles. The first kappa shape index (κ1) is 12.4. The number of rotatable bonds is 3. The third kappa shape index (κ3) is 2.17. The Balaban J connectivity index is 1.74. The fourth-order valence-corrected chi connectivity index (χ4v) is 3.05. The molecule has 0 fully saturated rings. The van der Waals surface area contributed by atoms with Gasteiger partial charge in [0.2, 0.25) is 0 Å². The molecule has 0 N–H and O–H groups in total. The molecule has 0 saturated heterocycles. The van der Waals surface area contributed by atoms with Crippen molar-refractivity contribution in [2.45, 2.75) is 17.7 Å². The lowest BCUT2D eigenvalue weighted by Crippen LogP contribution is -1.86. The molecule has 0 atom stereocenters. The van der Waals surface area contributed by atoms with Crippen molar-refractivity contribution in [2.24, 2.45) is 0 Å². The predicted octanol–water partition coefficient (Wildman–Crippen LogP) is 3.96. The van der Waals surface area contributed by atoms with Gasteiger partial charge in [-0.25, -0.2) is 9.97 Å². The van der Waals surface area contributed by atoms with E-state index in [1.54, 1.807) is 18.1 Å².